The Morgan fingerprint density at radius 3 is 2.00 bits per heavy atom. The molecule has 1 fully saturated rings. The van der Waals surface area contributed by atoms with Crippen LogP contribution in [0.5, 0.6) is 0 Å². The van der Waals surface area contributed by atoms with Crippen LogP contribution in [-0.4, -0.2) is 36.6 Å². The highest BCUT2D eigenvalue weighted by molar-refractivity contribution is 5.88. The number of carbonyl (C=O) groups excluding carboxylic acids is 3. The third-order valence-corrected chi connectivity index (χ3v) is 5.03. The van der Waals surface area contributed by atoms with E-state index in [9.17, 15) is 14.4 Å². The first-order valence-corrected chi connectivity index (χ1v) is 9.95. The van der Waals surface area contributed by atoms with Crippen LogP contribution < -0.4 is 5.32 Å². The molecule has 0 aromatic rings. The van der Waals surface area contributed by atoms with E-state index in [1.807, 2.05) is 20.8 Å². The fourth-order valence-electron chi connectivity index (χ4n) is 3.56. The largest absolute Gasteiger partial charge is 0.467 e. The number of rotatable bonds is 6. The summed E-state index contributed by atoms with van der Waals surface area (Å²) in [5.74, 6) is -1.64. The summed E-state index contributed by atoms with van der Waals surface area (Å²) in [5, 5.41) is 2.89. The molecule has 1 amide bonds. The molecule has 6 nitrogen and oxygen atoms in total. The van der Waals surface area contributed by atoms with E-state index in [4.69, 9.17) is 9.47 Å². The number of carbonyl (C=O) groups is 3. The Hall–Kier alpha value is -1.59. The smallest absolute Gasteiger partial charge is 0.328 e. The van der Waals surface area contributed by atoms with E-state index >= 15 is 0 Å². The average molecular weight is 384 g/mol. The van der Waals surface area contributed by atoms with Gasteiger partial charge in [0.05, 0.1) is 19.4 Å². The summed E-state index contributed by atoms with van der Waals surface area (Å²) in [6.45, 7) is 11.1. The van der Waals surface area contributed by atoms with Crippen molar-refractivity contribution in [2.24, 2.45) is 17.3 Å². The van der Waals surface area contributed by atoms with Gasteiger partial charge in [0.25, 0.3) is 0 Å². The SMILES string of the molecule is COC(=O)[C@@H](NC(=O)[C@@H](CC(=O)OC(C)(C)C)C(C)(C)C)C1CCCCC1. The van der Waals surface area contributed by atoms with E-state index in [0.29, 0.717) is 0 Å². The highest BCUT2D eigenvalue weighted by atomic mass is 16.6. The Bertz CT molecular complexity index is 524. The minimum atomic E-state index is -0.661. The van der Waals surface area contributed by atoms with Gasteiger partial charge in [0.1, 0.15) is 11.6 Å². The Balaban J connectivity index is 2.92. The normalized spacial score (nSPS) is 18.3. The highest BCUT2D eigenvalue weighted by Gasteiger charge is 2.38. The quantitative estimate of drug-likeness (QED) is 0.709. The minimum Gasteiger partial charge on any atom is -0.467 e. The highest BCUT2D eigenvalue weighted by Crippen LogP contribution is 2.32. The number of amides is 1. The number of hydrogen-bond donors (Lipinski definition) is 1. The molecule has 6 heteroatoms. The van der Waals surface area contributed by atoms with Crippen LogP contribution >= 0.6 is 0 Å². The minimum absolute atomic E-state index is 0.0227. The molecule has 27 heavy (non-hydrogen) atoms. The van der Waals surface area contributed by atoms with Crippen molar-refractivity contribution in [2.75, 3.05) is 7.11 Å². The van der Waals surface area contributed by atoms with Crippen LogP contribution in [0.4, 0.5) is 0 Å². The third-order valence-electron chi connectivity index (χ3n) is 5.03. The first-order chi connectivity index (χ1) is 12.3. The Labute approximate surface area is 163 Å². The van der Waals surface area contributed by atoms with Crippen LogP contribution in [-0.2, 0) is 23.9 Å². The predicted octanol–water partition coefficient (Wildman–Crippen LogP) is 3.62. The van der Waals surface area contributed by atoms with E-state index < -0.39 is 34.9 Å². The number of esters is 2. The van der Waals surface area contributed by atoms with Gasteiger partial charge in [-0.3, -0.25) is 9.59 Å². The van der Waals surface area contributed by atoms with Gasteiger partial charge in [-0.05, 0) is 44.9 Å². The van der Waals surface area contributed by atoms with Crippen molar-refractivity contribution in [3.63, 3.8) is 0 Å². The fraction of sp³-hybridized carbons (Fsp3) is 0.857. The molecule has 1 aliphatic rings. The fourth-order valence-corrected chi connectivity index (χ4v) is 3.56. The molecule has 0 radical (unpaired) electrons. The molecule has 1 N–H and O–H groups in total. The lowest BCUT2D eigenvalue weighted by atomic mass is 9.77. The van der Waals surface area contributed by atoms with Crippen LogP contribution in [0.3, 0.4) is 0 Å². The summed E-state index contributed by atoms with van der Waals surface area (Å²) < 4.78 is 10.3. The summed E-state index contributed by atoms with van der Waals surface area (Å²) in [6.07, 6.45) is 5.02. The zero-order chi connectivity index (χ0) is 20.8. The molecule has 0 spiro atoms. The lowest BCUT2D eigenvalue weighted by Crippen LogP contribution is -2.51. The second kappa shape index (κ2) is 9.56. The van der Waals surface area contributed by atoms with Crippen molar-refractivity contribution in [2.45, 2.75) is 91.7 Å². The van der Waals surface area contributed by atoms with E-state index in [1.165, 1.54) is 7.11 Å². The molecule has 1 saturated carbocycles. The Kier molecular flexibility index (Phi) is 8.30. The number of ether oxygens (including phenoxy) is 2. The zero-order valence-electron chi connectivity index (χ0n) is 18.0. The Morgan fingerprint density at radius 2 is 1.56 bits per heavy atom. The molecule has 1 rings (SSSR count). The van der Waals surface area contributed by atoms with Crippen LogP contribution in [0.25, 0.3) is 0 Å². The van der Waals surface area contributed by atoms with E-state index in [1.54, 1.807) is 20.8 Å². The molecular formula is C21H37NO5. The lowest BCUT2D eigenvalue weighted by Gasteiger charge is -2.34. The topological polar surface area (TPSA) is 81.7 Å². The average Bonchev–Trinajstić information content (AvgIpc) is 2.55. The van der Waals surface area contributed by atoms with E-state index in [0.717, 1.165) is 32.1 Å². The second-order valence-electron chi connectivity index (χ2n) is 9.62. The van der Waals surface area contributed by atoms with Crippen LogP contribution in [0.2, 0.25) is 0 Å². The number of nitrogens with one attached hydrogen (secondary N) is 1. The maximum Gasteiger partial charge on any atom is 0.328 e. The lowest BCUT2D eigenvalue weighted by molar-refractivity contribution is -0.159. The van der Waals surface area contributed by atoms with Crippen molar-refractivity contribution < 1.29 is 23.9 Å². The summed E-state index contributed by atoms with van der Waals surface area (Å²) >= 11 is 0. The maximum absolute atomic E-state index is 13.0. The number of methoxy groups -OCH3 is 1. The van der Waals surface area contributed by atoms with Gasteiger partial charge in [0.2, 0.25) is 5.91 Å². The van der Waals surface area contributed by atoms with Gasteiger partial charge in [-0.1, -0.05) is 40.0 Å². The molecule has 0 heterocycles. The van der Waals surface area contributed by atoms with Gasteiger partial charge in [-0.2, -0.15) is 0 Å². The van der Waals surface area contributed by atoms with E-state index in [-0.39, 0.29) is 18.2 Å². The van der Waals surface area contributed by atoms with Crippen molar-refractivity contribution >= 4 is 17.8 Å². The van der Waals surface area contributed by atoms with Crippen LogP contribution in [0.1, 0.15) is 80.1 Å². The van der Waals surface area contributed by atoms with E-state index in [2.05, 4.69) is 5.32 Å². The summed E-state index contributed by atoms with van der Waals surface area (Å²) in [4.78, 5) is 37.6. The van der Waals surface area contributed by atoms with Gasteiger partial charge >= 0.3 is 11.9 Å². The van der Waals surface area contributed by atoms with Gasteiger partial charge < -0.3 is 14.8 Å². The number of hydrogen-bond acceptors (Lipinski definition) is 5. The van der Waals surface area contributed by atoms with Gasteiger partial charge in [0.15, 0.2) is 0 Å². The monoisotopic (exact) mass is 383 g/mol. The first-order valence-electron chi connectivity index (χ1n) is 9.95. The molecule has 0 aliphatic heterocycles. The second-order valence-corrected chi connectivity index (χ2v) is 9.62. The molecular weight excluding hydrogens is 346 g/mol. The van der Waals surface area contributed by atoms with Crippen molar-refractivity contribution in [3.05, 3.63) is 0 Å². The molecule has 156 valence electrons. The molecule has 0 bridgehead atoms. The van der Waals surface area contributed by atoms with Gasteiger partial charge in [-0.15, -0.1) is 0 Å². The van der Waals surface area contributed by atoms with Crippen LogP contribution in [0.15, 0.2) is 0 Å². The molecule has 0 saturated heterocycles. The summed E-state index contributed by atoms with van der Waals surface area (Å²) in [5.41, 5.74) is -1.05. The summed E-state index contributed by atoms with van der Waals surface area (Å²) in [7, 11) is 1.34. The predicted molar refractivity (Wildman–Crippen MR) is 104 cm³/mol. The molecule has 1 aliphatic carbocycles. The molecule has 0 aromatic heterocycles. The third kappa shape index (κ3) is 7.89. The Morgan fingerprint density at radius 1 is 1.00 bits per heavy atom. The zero-order valence-corrected chi connectivity index (χ0v) is 18.0. The standard InChI is InChI=1S/C21H37NO5/c1-20(2,3)15(13-16(23)27-21(4,5)6)18(24)22-17(19(25)26-7)14-11-9-8-10-12-14/h14-15,17H,8-13H2,1-7H3,(H,22,24)/t15-,17+/m1/s1. The maximum atomic E-state index is 13.0. The molecule has 0 unspecified atom stereocenters. The van der Waals surface area contributed by atoms with Crippen LogP contribution in [0, 0.1) is 17.3 Å². The van der Waals surface area contributed by atoms with Gasteiger partial charge in [0, 0.05) is 0 Å². The first kappa shape index (κ1) is 23.4. The van der Waals surface area contributed by atoms with Crippen molar-refractivity contribution in [1.29, 1.82) is 0 Å². The summed E-state index contributed by atoms with van der Waals surface area (Å²) in [6, 6.07) is -0.661. The van der Waals surface area contributed by atoms with Crippen molar-refractivity contribution in [1.82, 2.24) is 5.32 Å². The van der Waals surface area contributed by atoms with Gasteiger partial charge in [-0.25, -0.2) is 4.79 Å². The molecule has 0 aromatic carbocycles. The molecule has 2 atom stereocenters. The van der Waals surface area contributed by atoms with Crippen molar-refractivity contribution in [3.8, 4) is 0 Å².